The first-order chi connectivity index (χ1) is 6.63. The quantitative estimate of drug-likeness (QED) is 0.559. The van der Waals surface area contributed by atoms with Gasteiger partial charge in [0.15, 0.2) is 0 Å². The van der Waals surface area contributed by atoms with Gasteiger partial charge in [-0.25, -0.2) is 4.98 Å². The first-order valence-corrected chi connectivity index (χ1v) is 4.07. The summed E-state index contributed by atoms with van der Waals surface area (Å²) >= 11 is 0. The standard InChI is InChI=1S/C9H11FN2O2/c1-14-9(13)7(11)4-6-2-3-12-8(10)5-6/h2-3,5,7H,4,11H2,1H3. The predicted octanol–water partition coefficient (Wildman–Crippen LogP) is 0.263. The van der Waals surface area contributed by atoms with Crippen LogP contribution in [-0.2, 0) is 16.0 Å². The van der Waals surface area contributed by atoms with Crippen molar-refractivity contribution in [2.24, 2.45) is 5.73 Å². The van der Waals surface area contributed by atoms with Crippen LogP contribution in [0.2, 0.25) is 0 Å². The molecule has 4 nitrogen and oxygen atoms in total. The molecule has 1 aromatic heterocycles. The molecule has 1 heterocycles. The van der Waals surface area contributed by atoms with Crippen LogP contribution >= 0.6 is 0 Å². The van der Waals surface area contributed by atoms with E-state index in [1.807, 2.05) is 0 Å². The number of nitrogens with two attached hydrogens (primary N) is 1. The number of rotatable bonds is 3. The Bertz CT molecular complexity index is 330. The number of aromatic nitrogens is 1. The fourth-order valence-corrected chi connectivity index (χ4v) is 1.06. The number of esters is 1. The molecule has 0 aliphatic rings. The van der Waals surface area contributed by atoms with E-state index < -0.39 is 18.0 Å². The topological polar surface area (TPSA) is 65.2 Å². The number of hydrogen-bond donors (Lipinski definition) is 1. The first kappa shape index (κ1) is 10.6. The lowest BCUT2D eigenvalue weighted by atomic mass is 10.1. The number of carbonyl (C=O) groups is 1. The average Bonchev–Trinajstić information content (AvgIpc) is 2.16. The number of halogens is 1. The van der Waals surface area contributed by atoms with E-state index in [0.717, 1.165) is 0 Å². The number of hydrogen-bond acceptors (Lipinski definition) is 4. The van der Waals surface area contributed by atoms with Crippen molar-refractivity contribution in [1.82, 2.24) is 4.98 Å². The highest BCUT2D eigenvalue weighted by atomic mass is 19.1. The third-order valence-electron chi connectivity index (χ3n) is 1.75. The highest BCUT2D eigenvalue weighted by Gasteiger charge is 2.14. The molecule has 0 saturated heterocycles. The largest absolute Gasteiger partial charge is 0.468 e. The Hall–Kier alpha value is -1.49. The Morgan fingerprint density at radius 2 is 2.50 bits per heavy atom. The number of carbonyl (C=O) groups excluding carboxylic acids is 1. The van der Waals surface area contributed by atoms with E-state index in [-0.39, 0.29) is 6.42 Å². The van der Waals surface area contributed by atoms with Crippen molar-refractivity contribution < 1.29 is 13.9 Å². The summed E-state index contributed by atoms with van der Waals surface area (Å²) in [4.78, 5) is 14.3. The van der Waals surface area contributed by atoms with Gasteiger partial charge in [-0.2, -0.15) is 4.39 Å². The maximum Gasteiger partial charge on any atom is 0.322 e. The SMILES string of the molecule is COC(=O)C(N)Cc1ccnc(F)c1. The van der Waals surface area contributed by atoms with Crippen LogP contribution in [0.1, 0.15) is 5.56 Å². The van der Waals surface area contributed by atoms with Crippen molar-refractivity contribution in [3.05, 3.63) is 29.8 Å². The Labute approximate surface area is 80.9 Å². The van der Waals surface area contributed by atoms with Crippen molar-refractivity contribution in [2.75, 3.05) is 7.11 Å². The number of nitrogens with zero attached hydrogens (tertiary/aromatic N) is 1. The van der Waals surface area contributed by atoms with E-state index in [0.29, 0.717) is 5.56 Å². The zero-order chi connectivity index (χ0) is 10.6. The fraction of sp³-hybridized carbons (Fsp3) is 0.333. The normalized spacial score (nSPS) is 12.2. The van der Waals surface area contributed by atoms with Gasteiger partial charge in [0.1, 0.15) is 6.04 Å². The van der Waals surface area contributed by atoms with Crippen molar-refractivity contribution in [3.63, 3.8) is 0 Å². The monoisotopic (exact) mass is 198 g/mol. The van der Waals surface area contributed by atoms with E-state index in [1.54, 1.807) is 6.07 Å². The Kier molecular flexibility index (Phi) is 3.53. The molecule has 0 spiro atoms. The molecule has 0 amide bonds. The van der Waals surface area contributed by atoms with E-state index in [9.17, 15) is 9.18 Å². The maximum absolute atomic E-state index is 12.6. The smallest absolute Gasteiger partial charge is 0.322 e. The van der Waals surface area contributed by atoms with E-state index in [1.165, 1.54) is 19.4 Å². The van der Waals surface area contributed by atoms with Crippen LogP contribution in [0, 0.1) is 5.95 Å². The van der Waals surface area contributed by atoms with Crippen LogP contribution in [-0.4, -0.2) is 24.1 Å². The summed E-state index contributed by atoms with van der Waals surface area (Å²) in [6, 6.07) is 2.08. The molecule has 0 aliphatic heterocycles. The van der Waals surface area contributed by atoms with Gasteiger partial charge < -0.3 is 10.5 Å². The molecule has 0 radical (unpaired) electrons. The van der Waals surface area contributed by atoms with Gasteiger partial charge in [0, 0.05) is 6.20 Å². The lowest BCUT2D eigenvalue weighted by Gasteiger charge is -2.08. The van der Waals surface area contributed by atoms with Crippen molar-refractivity contribution in [3.8, 4) is 0 Å². The number of pyridine rings is 1. The molecule has 14 heavy (non-hydrogen) atoms. The molecule has 0 aliphatic carbocycles. The average molecular weight is 198 g/mol. The van der Waals surface area contributed by atoms with E-state index in [4.69, 9.17) is 5.73 Å². The lowest BCUT2D eigenvalue weighted by Crippen LogP contribution is -2.33. The molecule has 76 valence electrons. The van der Waals surface area contributed by atoms with Gasteiger partial charge in [-0.15, -0.1) is 0 Å². The van der Waals surface area contributed by atoms with Gasteiger partial charge in [0.2, 0.25) is 5.95 Å². The number of methoxy groups -OCH3 is 1. The minimum absolute atomic E-state index is 0.242. The summed E-state index contributed by atoms with van der Waals surface area (Å²) < 4.78 is 17.1. The minimum Gasteiger partial charge on any atom is -0.468 e. The van der Waals surface area contributed by atoms with Gasteiger partial charge in [0.05, 0.1) is 7.11 Å². The van der Waals surface area contributed by atoms with Crippen LogP contribution in [0.15, 0.2) is 18.3 Å². The second kappa shape index (κ2) is 4.66. The molecule has 0 saturated carbocycles. The minimum atomic E-state index is -0.762. The molecule has 1 unspecified atom stereocenters. The molecule has 5 heteroatoms. The Morgan fingerprint density at radius 1 is 1.79 bits per heavy atom. The van der Waals surface area contributed by atoms with Gasteiger partial charge in [0.25, 0.3) is 0 Å². The second-order valence-electron chi connectivity index (χ2n) is 2.82. The van der Waals surface area contributed by atoms with Gasteiger partial charge in [-0.3, -0.25) is 4.79 Å². The predicted molar refractivity (Wildman–Crippen MR) is 47.9 cm³/mol. The number of ether oxygens (including phenoxy) is 1. The van der Waals surface area contributed by atoms with Crippen LogP contribution in [0.5, 0.6) is 0 Å². The molecule has 0 aromatic carbocycles. The van der Waals surface area contributed by atoms with Gasteiger partial charge in [-0.05, 0) is 24.1 Å². The van der Waals surface area contributed by atoms with Crippen molar-refractivity contribution in [2.45, 2.75) is 12.5 Å². The van der Waals surface area contributed by atoms with Crippen molar-refractivity contribution >= 4 is 5.97 Å². The third kappa shape index (κ3) is 2.77. The summed E-state index contributed by atoms with van der Waals surface area (Å²) in [5.74, 6) is -1.10. The molecule has 2 N–H and O–H groups in total. The highest BCUT2D eigenvalue weighted by Crippen LogP contribution is 2.03. The van der Waals surface area contributed by atoms with Crippen LogP contribution in [0.3, 0.4) is 0 Å². The second-order valence-corrected chi connectivity index (χ2v) is 2.82. The summed E-state index contributed by atoms with van der Waals surface area (Å²) in [5, 5.41) is 0. The molecule has 0 bridgehead atoms. The van der Waals surface area contributed by atoms with E-state index >= 15 is 0 Å². The molecular weight excluding hydrogens is 187 g/mol. The maximum atomic E-state index is 12.6. The zero-order valence-corrected chi connectivity index (χ0v) is 7.74. The molecule has 1 rings (SSSR count). The van der Waals surface area contributed by atoms with Gasteiger partial charge >= 0.3 is 5.97 Å². The molecular formula is C9H11FN2O2. The molecule has 1 aromatic rings. The van der Waals surface area contributed by atoms with Crippen LogP contribution < -0.4 is 5.73 Å². The summed E-state index contributed by atoms with van der Waals surface area (Å²) in [5.41, 5.74) is 6.11. The first-order valence-electron chi connectivity index (χ1n) is 4.07. The summed E-state index contributed by atoms with van der Waals surface area (Å²) in [6.45, 7) is 0. The van der Waals surface area contributed by atoms with Crippen molar-refractivity contribution in [1.29, 1.82) is 0 Å². The lowest BCUT2D eigenvalue weighted by molar-refractivity contribution is -0.142. The van der Waals surface area contributed by atoms with E-state index in [2.05, 4.69) is 9.72 Å². The third-order valence-corrected chi connectivity index (χ3v) is 1.75. The van der Waals surface area contributed by atoms with Crippen LogP contribution in [0.25, 0.3) is 0 Å². The molecule has 1 atom stereocenters. The van der Waals surface area contributed by atoms with Gasteiger partial charge in [-0.1, -0.05) is 0 Å². The van der Waals surface area contributed by atoms with Crippen LogP contribution in [0.4, 0.5) is 4.39 Å². The zero-order valence-electron chi connectivity index (χ0n) is 7.74. The summed E-state index contributed by atoms with van der Waals surface area (Å²) in [6.07, 6.45) is 1.57. The summed E-state index contributed by atoms with van der Waals surface area (Å²) in [7, 11) is 1.26. The Balaban J connectivity index is 2.64. The Morgan fingerprint density at radius 3 is 3.07 bits per heavy atom. The highest BCUT2D eigenvalue weighted by molar-refractivity contribution is 5.75. The molecule has 0 fully saturated rings. The fourth-order valence-electron chi connectivity index (χ4n) is 1.06.